The van der Waals surface area contributed by atoms with E-state index in [9.17, 15) is 14.0 Å². The standard InChI is InChI=1S/C16H15FN2O3/c1-22-14-4-2-3-13(9-14)19-16(21)10-15(20)18-12-7-5-11(17)6-8-12/h2-9H,10H2,1H3,(H,18,20)(H,19,21). The molecule has 0 radical (unpaired) electrons. The molecular formula is C16H15FN2O3. The normalized spacial score (nSPS) is 9.91. The van der Waals surface area contributed by atoms with E-state index < -0.39 is 17.6 Å². The Balaban J connectivity index is 1.88. The van der Waals surface area contributed by atoms with Gasteiger partial charge in [0.15, 0.2) is 0 Å². The molecule has 0 saturated carbocycles. The van der Waals surface area contributed by atoms with Gasteiger partial charge < -0.3 is 15.4 Å². The van der Waals surface area contributed by atoms with Crippen LogP contribution >= 0.6 is 0 Å². The number of hydrogen-bond donors (Lipinski definition) is 2. The molecule has 22 heavy (non-hydrogen) atoms. The number of carbonyl (C=O) groups excluding carboxylic acids is 2. The molecule has 0 spiro atoms. The molecule has 0 atom stereocenters. The largest absolute Gasteiger partial charge is 0.497 e. The molecule has 0 bridgehead atoms. The Labute approximate surface area is 127 Å². The number of ether oxygens (including phenoxy) is 1. The van der Waals surface area contributed by atoms with Crippen LogP contribution in [-0.4, -0.2) is 18.9 Å². The Bertz CT molecular complexity index is 671. The van der Waals surface area contributed by atoms with Crippen LogP contribution in [0.4, 0.5) is 15.8 Å². The molecule has 114 valence electrons. The first-order chi connectivity index (χ1) is 10.6. The smallest absolute Gasteiger partial charge is 0.233 e. The molecule has 0 saturated heterocycles. The topological polar surface area (TPSA) is 67.4 Å². The third-order valence-corrected chi connectivity index (χ3v) is 2.80. The molecule has 6 heteroatoms. The fourth-order valence-corrected chi connectivity index (χ4v) is 1.79. The Kier molecular flexibility index (Phi) is 5.08. The third kappa shape index (κ3) is 4.59. The number of halogens is 1. The van der Waals surface area contributed by atoms with Crippen molar-refractivity contribution in [3.05, 3.63) is 54.3 Å². The zero-order valence-electron chi connectivity index (χ0n) is 11.9. The summed E-state index contributed by atoms with van der Waals surface area (Å²) in [7, 11) is 1.52. The van der Waals surface area contributed by atoms with Crippen LogP contribution in [0.1, 0.15) is 6.42 Å². The minimum Gasteiger partial charge on any atom is -0.497 e. The van der Waals surface area contributed by atoms with Crippen molar-refractivity contribution in [3.8, 4) is 5.75 Å². The lowest BCUT2D eigenvalue weighted by Crippen LogP contribution is -2.21. The van der Waals surface area contributed by atoms with E-state index in [1.807, 2.05) is 0 Å². The van der Waals surface area contributed by atoms with Gasteiger partial charge in [-0.05, 0) is 36.4 Å². The average molecular weight is 302 g/mol. The molecule has 0 unspecified atom stereocenters. The summed E-state index contributed by atoms with van der Waals surface area (Å²) in [6.45, 7) is 0. The predicted octanol–water partition coefficient (Wildman–Crippen LogP) is 2.80. The van der Waals surface area contributed by atoms with Gasteiger partial charge in [-0.2, -0.15) is 0 Å². The first kappa shape index (κ1) is 15.5. The van der Waals surface area contributed by atoms with Crippen LogP contribution < -0.4 is 15.4 Å². The lowest BCUT2D eigenvalue weighted by atomic mass is 10.2. The summed E-state index contributed by atoms with van der Waals surface area (Å²) in [6, 6.07) is 12.1. The maximum Gasteiger partial charge on any atom is 0.233 e. The van der Waals surface area contributed by atoms with Crippen molar-refractivity contribution in [2.24, 2.45) is 0 Å². The monoisotopic (exact) mass is 302 g/mol. The van der Waals surface area contributed by atoms with Gasteiger partial charge in [0, 0.05) is 17.4 Å². The summed E-state index contributed by atoms with van der Waals surface area (Å²) in [5.41, 5.74) is 0.972. The maximum atomic E-state index is 12.8. The summed E-state index contributed by atoms with van der Waals surface area (Å²) in [4.78, 5) is 23.5. The number of nitrogens with one attached hydrogen (secondary N) is 2. The van der Waals surface area contributed by atoms with Gasteiger partial charge in [-0.25, -0.2) is 4.39 Å². The summed E-state index contributed by atoms with van der Waals surface area (Å²) in [5, 5.41) is 5.12. The van der Waals surface area contributed by atoms with Crippen LogP contribution in [0.25, 0.3) is 0 Å². The number of methoxy groups -OCH3 is 1. The van der Waals surface area contributed by atoms with E-state index in [1.165, 1.54) is 31.4 Å². The van der Waals surface area contributed by atoms with Gasteiger partial charge in [-0.15, -0.1) is 0 Å². The number of amides is 2. The Morgan fingerprint density at radius 3 is 2.27 bits per heavy atom. The van der Waals surface area contributed by atoms with Crippen LogP contribution in [0, 0.1) is 5.82 Å². The van der Waals surface area contributed by atoms with Crippen LogP contribution in [0.15, 0.2) is 48.5 Å². The van der Waals surface area contributed by atoms with Crippen molar-refractivity contribution in [2.45, 2.75) is 6.42 Å². The van der Waals surface area contributed by atoms with Crippen LogP contribution in [-0.2, 0) is 9.59 Å². The van der Waals surface area contributed by atoms with Crippen molar-refractivity contribution >= 4 is 23.2 Å². The van der Waals surface area contributed by atoms with Gasteiger partial charge in [-0.1, -0.05) is 6.07 Å². The molecule has 0 aliphatic rings. The highest BCUT2D eigenvalue weighted by molar-refractivity contribution is 6.08. The minimum atomic E-state index is -0.480. The predicted molar refractivity (Wildman–Crippen MR) is 81.3 cm³/mol. The Morgan fingerprint density at radius 1 is 1.00 bits per heavy atom. The number of anilines is 2. The van der Waals surface area contributed by atoms with Gasteiger partial charge in [0.1, 0.15) is 18.0 Å². The quantitative estimate of drug-likeness (QED) is 0.835. The van der Waals surface area contributed by atoms with Gasteiger partial charge in [0.05, 0.1) is 7.11 Å². The van der Waals surface area contributed by atoms with Crippen LogP contribution in [0.5, 0.6) is 5.75 Å². The highest BCUT2D eigenvalue weighted by Gasteiger charge is 2.10. The Hall–Kier alpha value is -2.89. The first-order valence-corrected chi connectivity index (χ1v) is 6.56. The van der Waals surface area contributed by atoms with E-state index in [0.29, 0.717) is 17.1 Å². The summed E-state index contributed by atoms with van der Waals surface area (Å²) >= 11 is 0. The second-order valence-corrected chi connectivity index (χ2v) is 4.51. The van der Waals surface area contributed by atoms with E-state index in [-0.39, 0.29) is 6.42 Å². The van der Waals surface area contributed by atoms with Crippen LogP contribution in [0.2, 0.25) is 0 Å². The summed E-state index contributed by atoms with van der Waals surface area (Å²) < 4.78 is 17.8. The number of rotatable bonds is 5. The molecule has 0 fully saturated rings. The molecule has 2 N–H and O–H groups in total. The van der Waals surface area contributed by atoms with Gasteiger partial charge in [-0.3, -0.25) is 9.59 Å². The van der Waals surface area contributed by atoms with E-state index in [4.69, 9.17) is 4.74 Å². The van der Waals surface area contributed by atoms with Crippen molar-refractivity contribution in [1.82, 2.24) is 0 Å². The maximum absolute atomic E-state index is 12.8. The summed E-state index contributed by atoms with van der Waals surface area (Å²) in [6.07, 6.45) is -0.339. The van der Waals surface area contributed by atoms with Crippen molar-refractivity contribution in [3.63, 3.8) is 0 Å². The second kappa shape index (κ2) is 7.21. The average Bonchev–Trinajstić information content (AvgIpc) is 2.49. The zero-order valence-corrected chi connectivity index (χ0v) is 11.9. The van der Waals surface area contributed by atoms with E-state index in [1.54, 1.807) is 24.3 Å². The van der Waals surface area contributed by atoms with Crippen molar-refractivity contribution in [1.29, 1.82) is 0 Å². The zero-order chi connectivity index (χ0) is 15.9. The second-order valence-electron chi connectivity index (χ2n) is 4.51. The van der Waals surface area contributed by atoms with E-state index >= 15 is 0 Å². The Morgan fingerprint density at radius 2 is 1.64 bits per heavy atom. The molecule has 0 aliphatic carbocycles. The van der Waals surface area contributed by atoms with Gasteiger partial charge in [0.2, 0.25) is 11.8 Å². The fourth-order valence-electron chi connectivity index (χ4n) is 1.79. The highest BCUT2D eigenvalue weighted by Crippen LogP contribution is 2.17. The van der Waals surface area contributed by atoms with Crippen molar-refractivity contribution < 1.29 is 18.7 Å². The lowest BCUT2D eigenvalue weighted by Gasteiger charge is -2.08. The first-order valence-electron chi connectivity index (χ1n) is 6.56. The van der Waals surface area contributed by atoms with Gasteiger partial charge >= 0.3 is 0 Å². The lowest BCUT2D eigenvalue weighted by molar-refractivity contribution is -0.123. The molecule has 2 rings (SSSR count). The van der Waals surface area contributed by atoms with Crippen molar-refractivity contribution in [2.75, 3.05) is 17.7 Å². The molecule has 0 aromatic heterocycles. The molecule has 2 aromatic carbocycles. The molecule has 5 nitrogen and oxygen atoms in total. The number of benzene rings is 2. The molecule has 0 aliphatic heterocycles. The number of carbonyl (C=O) groups is 2. The number of hydrogen-bond acceptors (Lipinski definition) is 3. The van der Waals surface area contributed by atoms with E-state index in [0.717, 1.165) is 0 Å². The molecule has 2 amide bonds. The summed E-state index contributed by atoms with van der Waals surface area (Å²) in [5.74, 6) is -0.720. The minimum absolute atomic E-state index is 0.339. The molecular weight excluding hydrogens is 287 g/mol. The third-order valence-electron chi connectivity index (χ3n) is 2.80. The van der Waals surface area contributed by atoms with Crippen LogP contribution in [0.3, 0.4) is 0 Å². The highest BCUT2D eigenvalue weighted by atomic mass is 19.1. The fraction of sp³-hybridized carbons (Fsp3) is 0.125. The molecule has 2 aromatic rings. The molecule has 0 heterocycles. The SMILES string of the molecule is COc1cccc(NC(=O)CC(=O)Nc2ccc(F)cc2)c1. The van der Waals surface area contributed by atoms with E-state index in [2.05, 4.69) is 10.6 Å². The van der Waals surface area contributed by atoms with Gasteiger partial charge in [0.25, 0.3) is 0 Å².